The molecule has 1 saturated carbocycles. The zero-order valence-electron chi connectivity index (χ0n) is 24.5. The van der Waals surface area contributed by atoms with Gasteiger partial charge in [-0.15, -0.1) is 0 Å². The lowest BCUT2D eigenvalue weighted by Crippen LogP contribution is -2.51. The van der Waals surface area contributed by atoms with Crippen molar-refractivity contribution in [2.75, 3.05) is 53.6 Å². The van der Waals surface area contributed by atoms with Crippen LogP contribution in [-0.4, -0.2) is 102 Å². The number of fused-ring (bicyclic) bond motifs is 1. The van der Waals surface area contributed by atoms with Gasteiger partial charge in [0, 0.05) is 62.0 Å². The van der Waals surface area contributed by atoms with Crippen LogP contribution in [0.4, 0.5) is 0 Å². The fourth-order valence-electron chi connectivity index (χ4n) is 6.62. The average molecular weight is 577 g/mol. The SMILES string of the molecule is COc1ccc(-c2ccnc3cc(C(=O)N[C@H]4CC[C@H](C(=O)N5CCC(N6CCOCC6)CC5)CC4)nn23)cc1OC. The number of carbonyl (C=O) groups excluding carboxylic acids is 2. The van der Waals surface area contributed by atoms with E-state index in [4.69, 9.17) is 14.2 Å². The molecule has 2 aliphatic heterocycles. The highest BCUT2D eigenvalue weighted by atomic mass is 16.5. The topological polar surface area (TPSA) is 111 Å². The number of amides is 2. The summed E-state index contributed by atoms with van der Waals surface area (Å²) in [5.74, 6) is 1.35. The minimum Gasteiger partial charge on any atom is -0.493 e. The number of hydrogen-bond acceptors (Lipinski definition) is 8. The molecule has 3 fully saturated rings. The van der Waals surface area contributed by atoms with Gasteiger partial charge in [0.15, 0.2) is 22.8 Å². The van der Waals surface area contributed by atoms with Gasteiger partial charge in [-0.25, -0.2) is 9.50 Å². The van der Waals surface area contributed by atoms with Crippen LogP contribution in [0.25, 0.3) is 16.9 Å². The molecule has 0 unspecified atom stereocenters. The van der Waals surface area contributed by atoms with E-state index in [-0.39, 0.29) is 23.8 Å². The van der Waals surface area contributed by atoms with Crippen LogP contribution >= 0.6 is 0 Å². The molecular weight excluding hydrogens is 536 g/mol. The number of morpholine rings is 1. The van der Waals surface area contributed by atoms with Gasteiger partial charge in [-0.3, -0.25) is 14.5 Å². The van der Waals surface area contributed by atoms with Gasteiger partial charge in [0.1, 0.15) is 0 Å². The summed E-state index contributed by atoms with van der Waals surface area (Å²) < 4.78 is 18.0. The van der Waals surface area contributed by atoms with Gasteiger partial charge in [-0.05, 0) is 62.8 Å². The molecule has 0 atom stereocenters. The van der Waals surface area contributed by atoms with Gasteiger partial charge in [0.25, 0.3) is 5.91 Å². The molecule has 0 radical (unpaired) electrons. The number of nitrogens with zero attached hydrogens (tertiary/aromatic N) is 5. The van der Waals surface area contributed by atoms with Gasteiger partial charge in [0.05, 0.1) is 33.1 Å². The molecule has 11 heteroatoms. The van der Waals surface area contributed by atoms with Gasteiger partial charge in [-0.1, -0.05) is 0 Å². The molecular formula is C31H40N6O5. The molecule has 0 spiro atoms. The maximum Gasteiger partial charge on any atom is 0.272 e. The fourth-order valence-corrected chi connectivity index (χ4v) is 6.62. The van der Waals surface area contributed by atoms with Crippen molar-refractivity contribution in [1.29, 1.82) is 0 Å². The van der Waals surface area contributed by atoms with Crippen LogP contribution in [0.3, 0.4) is 0 Å². The van der Waals surface area contributed by atoms with E-state index in [1.165, 1.54) is 0 Å². The summed E-state index contributed by atoms with van der Waals surface area (Å²) in [6, 6.07) is 9.78. The lowest BCUT2D eigenvalue weighted by Gasteiger charge is -2.41. The van der Waals surface area contributed by atoms with Crippen molar-refractivity contribution in [1.82, 2.24) is 29.7 Å². The molecule has 1 aliphatic carbocycles. The van der Waals surface area contributed by atoms with E-state index in [0.717, 1.165) is 89.2 Å². The van der Waals surface area contributed by atoms with E-state index >= 15 is 0 Å². The quantitative estimate of drug-likeness (QED) is 0.457. The lowest BCUT2D eigenvalue weighted by atomic mass is 9.84. The fraction of sp³-hybridized carbons (Fsp3) is 0.548. The Morgan fingerprint density at radius 1 is 0.905 bits per heavy atom. The number of benzene rings is 1. The highest BCUT2D eigenvalue weighted by Gasteiger charge is 2.33. The number of methoxy groups -OCH3 is 2. The van der Waals surface area contributed by atoms with Crippen molar-refractivity contribution in [2.45, 2.75) is 50.6 Å². The summed E-state index contributed by atoms with van der Waals surface area (Å²) in [5, 5.41) is 7.75. The highest BCUT2D eigenvalue weighted by molar-refractivity contribution is 5.93. The third kappa shape index (κ3) is 5.94. The van der Waals surface area contributed by atoms with Crippen molar-refractivity contribution < 1.29 is 23.8 Å². The van der Waals surface area contributed by atoms with Crippen LogP contribution in [0.1, 0.15) is 49.0 Å². The van der Waals surface area contributed by atoms with E-state index in [9.17, 15) is 9.59 Å². The number of likely N-dealkylation sites (tertiary alicyclic amines) is 1. The van der Waals surface area contributed by atoms with Crippen LogP contribution < -0.4 is 14.8 Å². The number of aromatic nitrogens is 3. The number of carbonyl (C=O) groups is 2. The Morgan fingerprint density at radius 2 is 1.64 bits per heavy atom. The summed E-state index contributed by atoms with van der Waals surface area (Å²) in [6.45, 7) is 5.30. The first-order valence-electron chi connectivity index (χ1n) is 15.0. The Bertz CT molecular complexity index is 1400. The first kappa shape index (κ1) is 28.4. The number of piperidine rings is 1. The summed E-state index contributed by atoms with van der Waals surface area (Å²) in [4.78, 5) is 35.5. The van der Waals surface area contributed by atoms with Gasteiger partial charge < -0.3 is 24.4 Å². The predicted molar refractivity (Wildman–Crippen MR) is 157 cm³/mol. The zero-order valence-corrected chi connectivity index (χ0v) is 24.5. The highest BCUT2D eigenvalue weighted by Crippen LogP contribution is 2.32. The number of nitrogens with one attached hydrogen (secondary N) is 1. The smallest absolute Gasteiger partial charge is 0.272 e. The molecule has 42 heavy (non-hydrogen) atoms. The molecule has 0 bridgehead atoms. The van der Waals surface area contributed by atoms with Gasteiger partial charge in [-0.2, -0.15) is 5.10 Å². The molecule has 1 aromatic carbocycles. The Balaban J connectivity index is 1.03. The Kier molecular flexibility index (Phi) is 8.57. The van der Waals surface area contributed by atoms with Crippen molar-refractivity contribution in [3.8, 4) is 22.8 Å². The van der Waals surface area contributed by atoms with Gasteiger partial charge in [0.2, 0.25) is 5.91 Å². The predicted octanol–water partition coefficient (Wildman–Crippen LogP) is 3.03. The molecule has 3 aromatic rings. The molecule has 2 saturated heterocycles. The summed E-state index contributed by atoms with van der Waals surface area (Å²) >= 11 is 0. The average Bonchev–Trinajstić information content (AvgIpc) is 3.50. The van der Waals surface area contributed by atoms with E-state index in [0.29, 0.717) is 28.9 Å². The Morgan fingerprint density at radius 3 is 2.36 bits per heavy atom. The first-order chi connectivity index (χ1) is 20.5. The second-order valence-electron chi connectivity index (χ2n) is 11.4. The number of ether oxygens (including phenoxy) is 3. The maximum atomic E-state index is 13.3. The van der Waals surface area contributed by atoms with Crippen LogP contribution in [0.5, 0.6) is 11.5 Å². The Labute approximate surface area is 246 Å². The number of hydrogen-bond donors (Lipinski definition) is 1. The second-order valence-corrected chi connectivity index (χ2v) is 11.4. The van der Waals surface area contributed by atoms with Crippen molar-refractivity contribution >= 4 is 17.5 Å². The van der Waals surface area contributed by atoms with Crippen molar-refractivity contribution in [3.63, 3.8) is 0 Å². The molecule has 1 N–H and O–H groups in total. The van der Waals surface area contributed by atoms with E-state index in [2.05, 4.69) is 25.2 Å². The minimum absolute atomic E-state index is 0.0247. The summed E-state index contributed by atoms with van der Waals surface area (Å²) in [7, 11) is 3.19. The zero-order chi connectivity index (χ0) is 29.1. The normalized spacial score (nSPS) is 22.2. The standard InChI is InChI=1S/C31H40N6O5/c1-40-27-8-5-22(19-28(27)41-2)26-9-12-32-29-20-25(34-37(26)29)30(38)33-23-6-3-21(4-7-23)31(39)36-13-10-24(11-14-36)35-15-17-42-18-16-35/h5,8-9,12,19-21,23-24H,3-4,6-7,10-11,13-18H2,1-2H3,(H,33,38)/t21-,23-. The molecule has 11 nitrogen and oxygen atoms in total. The van der Waals surface area contributed by atoms with E-state index in [1.54, 1.807) is 31.0 Å². The van der Waals surface area contributed by atoms with Crippen LogP contribution in [0.15, 0.2) is 36.5 Å². The molecule has 4 heterocycles. The van der Waals surface area contributed by atoms with Crippen molar-refractivity contribution in [2.24, 2.45) is 5.92 Å². The van der Waals surface area contributed by atoms with Crippen molar-refractivity contribution in [3.05, 3.63) is 42.2 Å². The third-order valence-electron chi connectivity index (χ3n) is 9.02. The summed E-state index contributed by atoms with van der Waals surface area (Å²) in [5.41, 5.74) is 2.55. The second kappa shape index (κ2) is 12.7. The van der Waals surface area contributed by atoms with Crippen LogP contribution in [-0.2, 0) is 9.53 Å². The minimum atomic E-state index is -0.223. The Hall–Kier alpha value is -3.70. The molecule has 2 amide bonds. The summed E-state index contributed by atoms with van der Waals surface area (Å²) in [6.07, 6.45) is 6.95. The van der Waals surface area contributed by atoms with Crippen LogP contribution in [0.2, 0.25) is 0 Å². The van der Waals surface area contributed by atoms with E-state index < -0.39 is 0 Å². The molecule has 3 aliphatic rings. The monoisotopic (exact) mass is 576 g/mol. The third-order valence-corrected chi connectivity index (χ3v) is 9.02. The maximum absolute atomic E-state index is 13.3. The molecule has 2 aromatic heterocycles. The first-order valence-corrected chi connectivity index (χ1v) is 15.0. The number of rotatable bonds is 7. The molecule has 6 rings (SSSR count). The lowest BCUT2D eigenvalue weighted by molar-refractivity contribution is -0.138. The van der Waals surface area contributed by atoms with Gasteiger partial charge >= 0.3 is 0 Å². The largest absolute Gasteiger partial charge is 0.493 e. The van der Waals surface area contributed by atoms with E-state index in [1.807, 2.05) is 24.3 Å². The molecule has 224 valence electrons. The van der Waals surface area contributed by atoms with Crippen LogP contribution in [0, 0.1) is 5.92 Å².